The Morgan fingerprint density at radius 1 is 0.811 bits per heavy atom. The molecule has 3 amide bonds. The van der Waals surface area contributed by atoms with Crippen molar-refractivity contribution in [2.24, 2.45) is 0 Å². The number of nitrogens with zero attached hydrogens (tertiary/aromatic N) is 5. The molecule has 1 unspecified atom stereocenters. The van der Waals surface area contributed by atoms with Gasteiger partial charge in [-0.2, -0.15) is 0 Å². The van der Waals surface area contributed by atoms with E-state index in [2.05, 4.69) is 60.3 Å². The zero-order valence-electron chi connectivity index (χ0n) is 28.2. The van der Waals surface area contributed by atoms with Gasteiger partial charge in [0.05, 0.1) is 12.4 Å². The summed E-state index contributed by atoms with van der Waals surface area (Å²) in [6, 6.07) is 16.7. The molecule has 262 valence electrons. The average molecular weight is 706 g/mol. The maximum absolute atomic E-state index is 12.9. The molecule has 6 aromatic rings. The van der Waals surface area contributed by atoms with Crippen molar-refractivity contribution in [2.45, 2.75) is 50.5 Å². The predicted molar refractivity (Wildman–Crippen MR) is 192 cm³/mol. The molecule has 1 saturated carbocycles. The number of pyridine rings is 2. The Labute approximate surface area is 302 Å². The highest BCUT2D eigenvalue weighted by Gasteiger charge is 2.39. The van der Waals surface area contributed by atoms with Crippen molar-refractivity contribution in [3.05, 3.63) is 103 Å². The quantitative estimate of drug-likeness (QED) is 0.167. The second-order valence-electron chi connectivity index (χ2n) is 13.2. The van der Waals surface area contributed by atoms with Crippen LogP contribution in [0.15, 0.2) is 85.6 Å². The van der Waals surface area contributed by atoms with E-state index in [0.29, 0.717) is 35.2 Å². The van der Waals surface area contributed by atoms with Gasteiger partial charge >= 0.3 is 0 Å². The van der Waals surface area contributed by atoms with E-state index in [4.69, 9.17) is 14.2 Å². The number of imide groups is 1. The fraction of sp³-hybridized carbons (Fsp3) is 0.225. The number of carbonyl (C=O) groups excluding carboxylic acids is 3. The Bertz CT molecular complexity index is 2460. The Morgan fingerprint density at radius 3 is 2.49 bits per heavy atom. The molecule has 53 heavy (non-hydrogen) atoms. The summed E-state index contributed by atoms with van der Waals surface area (Å²) in [4.78, 5) is 59.0. The van der Waals surface area contributed by atoms with Crippen LogP contribution in [0.3, 0.4) is 0 Å². The Balaban J connectivity index is 0.724. The molecule has 13 nitrogen and oxygen atoms in total. The van der Waals surface area contributed by atoms with Gasteiger partial charge in [0.25, 0.3) is 5.91 Å². The third-order valence-corrected chi connectivity index (χ3v) is 9.75. The van der Waals surface area contributed by atoms with Gasteiger partial charge in [-0.1, -0.05) is 18.1 Å². The molecule has 4 aromatic heterocycles. The van der Waals surface area contributed by atoms with Gasteiger partial charge in [-0.15, -0.1) is 0 Å². The van der Waals surface area contributed by atoms with Crippen LogP contribution >= 0.6 is 0 Å². The first-order valence-electron chi connectivity index (χ1n) is 17.3. The molecule has 1 aliphatic carbocycles. The predicted octanol–water partition coefficient (Wildman–Crippen LogP) is 4.75. The lowest BCUT2D eigenvalue weighted by Gasteiger charge is -2.34. The third-order valence-electron chi connectivity index (χ3n) is 9.75. The fourth-order valence-electron chi connectivity index (χ4n) is 6.94. The topological polar surface area (TPSA) is 162 Å². The normalized spacial score (nSPS) is 19.3. The van der Waals surface area contributed by atoms with E-state index in [9.17, 15) is 14.4 Å². The van der Waals surface area contributed by atoms with Crippen LogP contribution in [0.1, 0.15) is 47.4 Å². The number of piperidine rings is 1. The molecule has 0 bridgehead atoms. The van der Waals surface area contributed by atoms with E-state index in [1.165, 1.54) is 4.90 Å². The molecule has 0 spiro atoms. The minimum Gasteiger partial charge on any atom is -0.487 e. The minimum atomic E-state index is -0.662. The lowest BCUT2D eigenvalue weighted by molar-refractivity contribution is -0.136. The SMILES string of the molecule is O=C1CCC(N2Cc3cc(OCC#Cc4ncc(O[C@H]5C[C@H](Oc6ccc(-c7ccc8c(c7)[nH]c7ccncc78)cn6)C5)cn4)ccc3C2=O)C(=O)N1. The number of hydrogen-bond donors (Lipinski definition) is 2. The lowest BCUT2D eigenvalue weighted by atomic mass is 9.92. The van der Waals surface area contributed by atoms with Crippen molar-refractivity contribution < 1.29 is 28.6 Å². The molecule has 2 aromatic carbocycles. The second-order valence-corrected chi connectivity index (χ2v) is 13.2. The monoisotopic (exact) mass is 705 g/mol. The Kier molecular flexibility index (Phi) is 8.11. The number of aromatic nitrogens is 5. The molecule has 13 heteroatoms. The van der Waals surface area contributed by atoms with E-state index < -0.39 is 11.9 Å². The number of ether oxygens (including phenoxy) is 3. The Hall–Kier alpha value is -6.81. The van der Waals surface area contributed by atoms with Crippen molar-refractivity contribution >= 4 is 39.5 Å². The van der Waals surface area contributed by atoms with Crippen LogP contribution in [0.4, 0.5) is 0 Å². The number of fused-ring (bicyclic) bond motifs is 4. The van der Waals surface area contributed by atoms with Crippen molar-refractivity contribution in [1.29, 1.82) is 0 Å². The molecule has 1 saturated heterocycles. The van der Waals surface area contributed by atoms with E-state index in [1.54, 1.807) is 36.8 Å². The van der Waals surface area contributed by atoms with Crippen LogP contribution < -0.4 is 19.5 Å². The molecule has 0 radical (unpaired) electrons. The van der Waals surface area contributed by atoms with Gasteiger partial charge in [0.1, 0.15) is 30.6 Å². The van der Waals surface area contributed by atoms with Gasteiger partial charge in [0.15, 0.2) is 5.75 Å². The molecular formula is C40H31N7O6. The number of H-pyrrole nitrogens is 1. The van der Waals surface area contributed by atoms with Crippen molar-refractivity contribution in [3.63, 3.8) is 0 Å². The fourth-order valence-corrected chi connectivity index (χ4v) is 6.94. The number of rotatable bonds is 8. The molecule has 2 aliphatic heterocycles. The largest absolute Gasteiger partial charge is 0.487 e. The maximum Gasteiger partial charge on any atom is 0.255 e. The average Bonchev–Trinajstić information content (AvgIpc) is 3.69. The first-order chi connectivity index (χ1) is 25.9. The molecule has 1 atom stereocenters. The van der Waals surface area contributed by atoms with Crippen LogP contribution in [0, 0.1) is 11.8 Å². The van der Waals surface area contributed by atoms with Gasteiger partial charge in [-0.25, -0.2) is 15.0 Å². The Morgan fingerprint density at radius 2 is 1.66 bits per heavy atom. The molecular weight excluding hydrogens is 674 g/mol. The van der Waals surface area contributed by atoms with Crippen molar-refractivity contribution in [2.75, 3.05) is 6.61 Å². The maximum atomic E-state index is 12.9. The van der Waals surface area contributed by atoms with Crippen LogP contribution in [-0.4, -0.2) is 72.4 Å². The summed E-state index contributed by atoms with van der Waals surface area (Å²) in [5, 5.41) is 4.56. The van der Waals surface area contributed by atoms with Crippen LogP contribution in [0.25, 0.3) is 32.9 Å². The number of hydrogen-bond acceptors (Lipinski definition) is 10. The highest BCUT2D eigenvalue weighted by atomic mass is 16.5. The van der Waals surface area contributed by atoms with E-state index in [0.717, 1.165) is 51.3 Å². The summed E-state index contributed by atoms with van der Waals surface area (Å²) in [6.45, 7) is 0.362. The molecule has 2 N–H and O–H groups in total. The number of amides is 3. The van der Waals surface area contributed by atoms with Crippen molar-refractivity contribution in [1.82, 2.24) is 35.1 Å². The van der Waals surface area contributed by atoms with Crippen LogP contribution in [0.2, 0.25) is 0 Å². The number of nitrogens with one attached hydrogen (secondary N) is 2. The second kappa shape index (κ2) is 13.4. The van der Waals surface area contributed by atoms with Gasteiger partial charge in [-0.05, 0) is 59.9 Å². The van der Waals surface area contributed by atoms with Crippen molar-refractivity contribution in [3.8, 4) is 40.3 Å². The number of carbonyl (C=O) groups is 3. The lowest BCUT2D eigenvalue weighted by Crippen LogP contribution is -2.52. The van der Waals surface area contributed by atoms with Crippen LogP contribution in [-0.2, 0) is 16.1 Å². The highest BCUT2D eigenvalue weighted by molar-refractivity contribution is 6.08. The first kappa shape index (κ1) is 32.1. The molecule has 9 rings (SSSR count). The number of benzene rings is 2. The smallest absolute Gasteiger partial charge is 0.255 e. The number of aromatic amines is 1. The van der Waals surface area contributed by atoms with Gasteiger partial charge in [0, 0.05) is 83.4 Å². The zero-order chi connectivity index (χ0) is 35.9. The van der Waals surface area contributed by atoms with Gasteiger partial charge in [-0.3, -0.25) is 24.7 Å². The first-order valence-corrected chi connectivity index (χ1v) is 17.3. The summed E-state index contributed by atoms with van der Waals surface area (Å²) >= 11 is 0. The summed E-state index contributed by atoms with van der Waals surface area (Å²) in [5.74, 6) is 6.82. The molecule has 3 aliphatic rings. The third kappa shape index (κ3) is 6.46. The standard InChI is InChI=1S/C40H31N7O6/c48-37-9-8-35(39(49)46-37)47-22-25-14-26(5-7-30(25)40(47)50)51-13-1-2-36-42-19-29(20-43-36)52-27-16-28(17-27)53-38-10-4-24(18-44-38)23-3-6-31-32-21-41-12-11-33(32)45-34(31)15-23/h3-7,10-12,14-15,18-21,27-28,35,45H,8-9,13,16-17,22H2,(H,46,48,49)/t27-,28-,35?. The van der Waals surface area contributed by atoms with Gasteiger partial charge in [0.2, 0.25) is 23.5 Å². The van der Waals surface area contributed by atoms with Gasteiger partial charge < -0.3 is 24.1 Å². The highest BCUT2D eigenvalue weighted by Crippen LogP contribution is 2.33. The van der Waals surface area contributed by atoms with E-state index in [-0.39, 0.29) is 43.6 Å². The summed E-state index contributed by atoms with van der Waals surface area (Å²) in [7, 11) is 0. The van der Waals surface area contributed by atoms with Crippen LogP contribution in [0.5, 0.6) is 17.4 Å². The van der Waals surface area contributed by atoms with E-state index >= 15 is 0 Å². The summed E-state index contributed by atoms with van der Waals surface area (Å²) in [5.41, 5.74) is 5.47. The summed E-state index contributed by atoms with van der Waals surface area (Å²) < 4.78 is 17.9. The minimum absolute atomic E-state index is 0.00911. The zero-order valence-corrected chi connectivity index (χ0v) is 28.2. The molecule has 2 fully saturated rings. The van der Waals surface area contributed by atoms with E-state index in [1.807, 2.05) is 30.6 Å². The molecule has 6 heterocycles. The summed E-state index contributed by atoms with van der Waals surface area (Å²) in [6.07, 6.45) is 10.7.